The summed E-state index contributed by atoms with van der Waals surface area (Å²) in [7, 11) is 0. The molecule has 0 radical (unpaired) electrons. The molecule has 3 aromatic rings. The van der Waals surface area contributed by atoms with Crippen molar-refractivity contribution in [3.63, 3.8) is 0 Å². The number of carbonyl (C=O) groups is 1. The van der Waals surface area contributed by atoms with Gasteiger partial charge in [0.2, 0.25) is 5.91 Å². The number of nitrogens with zero attached hydrogens (tertiary/aromatic N) is 6. The standard InChI is InChI=1S/C21H26N6O2/c1-3-24-10-12-25(13-11-24)19(28)8-9-26-15-22-20-18(21(26)29)14-23-27(20)17-6-4-16(2)5-7-17/h4-7,14-15H,3,8-13H2,1-2H3. The van der Waals surface area contributed by atoms with Crippen LogP contribution in [0.25, 0.3) is 16.7 Å². The van der Waals surface area contributed by atoms with Gasteiger partial charge in [-0.15, -0.1) is 0 Å². The zero-order chi connectivity index (χ0) is 20.4. The maximum absolute atomic E-state index is 12.8. The van der Waals surface area contributed by atoms with Crippen molar-refractivity contribution >= 4 is 16.9 Å². The first-order valence-corrected chi connectivity index (χ1v) is 10.1. The van der Waals surface area contributed by atoms with Crippen LogP contribution in [0.4, 0.5) is 0 Å². The van der Waals surface area contributed by atoms with E-state index in [1.807, 2.05) is 36.1 Å². The smallest absolute Gasteiger partial charge is 0.264 e. The summed E-state index contributed by atoms with van der Waals surface area (Å²) >= 11 is 0. The zero-order valence-corrected chi connectivity index (χ0v) is 16.9. The summed E-state index contributed by atoms with van der Waals surface area (Å²) < 4.78 is 3.17. The Balaban J connectivity index is 1.48. The number of amides is 1. The first-order valence-electron chi connectivity index (χ1n) is 10.1. The van der Waals surface area contributed by atoms with Gasteiger partial charge in [0, 0.05) is 39.1 Å². The molecular weight excluding hydrogens is 368 g/mol. The molecule has 3 heterocycles. The van der Waals surface area contributed by atoms with Crippen molar-refractivity contribution in [1.82, 2.24) is 29.1 Å². The number of fused-ring (bicyclic) bond motifs is 1. The summed E-state index contributed by atoms with van der Waals surface area (Å²) in [5.74, 6) is 0.0862. The molecule has 29 heavy (non-hydrogen) atoms. The minimum atomic E-state index is -0.169. The number of aryl methyl sites for hydroxylation is 2. The fourth-order valence-electron chi connectivity index (χ4n) is 3.67. The molecule has 1 fully saturated rings. The molecule has 8 nitrogen and oxygen atoms in total. The number of piperazine rings is 1. The second-order valence-electron chi connectivity index (χ2n) is 7.44. The zero-order valence-electron chi connectivity index (χ0n) is 16.9. The summed E-state index contributed by atoms with van der Waals surface area (Å²) in [4.78, 5) is 34.0. The SMILES string of the molecule is CCN1CCN(C(=O)CCn2cnc3c(cnn3-c3ccc(C)cc3)c2=O)CC1. The number of carbonyl (C=O) groups excluding carboxylic acids is 1. The van der Waals surface area contributed by atoms with Gasteiger partial charge in [0.15, 0.2) is 5.65 Å². The molecule has 0 unspecified atom stereocenters. The number of rotatable bonds is 5. The first kappa shape index (κ1) is 19.3. The Morgan fingerprint density at radius 2 is 1.83 bits per heavy atom. The van der Waals surface area contributed by atoms with Crippen molar-refractivity contribution in [1.29, 1.82) is 0 Å². The lowest BCUT2D eigenvalue weighted by Crippen LogP contribution is -2.48. The number of hydrogen-bond donors (Lipinski definition) is 0. The van der Waals surface area contributed by atoms with E-state index < -0.39 is 0 Å². The summed E-state index contributed by atoms with van der Waals surface area (Å²) in [5, 5.41) is 4.80. The van der Waals surface area contributed by atoms with Crippen molar-refractivity contribution in [2.24, 2.45) is 0 Å². The van der Waals surface area contributed by atoms with Crippen LogP contribution >= 0.6 is 0 Å². The minimum Gasteiger partial charge on any atom is -0.340 e. The molecule has 0 saturated carbocycles. The highest BCUT2D eigenvalue weighted by atomic mass is 16.2. The van der Waals surface area contributed by atoms with Gasteiger partial charge in [-0.2, -0.15) is 5.10 Å². The van der Waals surface area contributed by atoms with Gasteiger partial charge in [0.05, 0.1) is 18.2 Å². The van der Waals surface area contributed by atoms with E-state index in [4.69, 9.17) is 0 Å². The second kappa shape index (κ2) is 8.16. The maximum atomic E-state index is 12.8. The molecule has 4 rings (SSSR count). The normalized spacial score (nSPS) is 15.2. The lowest BCUT2D eigenvalue weighted by Gasteiger charge is -2.34. The highest BCUT2D eigenvalue weighted by molar-refractivity contribution is 5.77. The predicted molar refractivity (Wildman–Crippen MR) is 111 cm³/mol. The molecular formula is C21H26N6O2. The van der Waals surface area contributed by atoms with Gasteiger partial charge < -0.3 is 9.80 Å². The Kier molecular flexibility index (Phi) is 5.44. The Labute approximate surface area is 169 Å². The van der Waals surface area contributed by atoms with Crippen LogP contribution in [0.3, 0.4) is 0 Å². The van der Waals surface area contributed by atoms with E-state index in [0.29, 0.717) is 24.0 Å². The number of hydrogen-bond acceptors (Lipinski definition) is 5. The van der Waals surface area contributed by atoms with Crippen LogP contribution in [0.15, 0.2) is 41.6 Å². The van der Waals surface area contributed by atoms with E-state index in [0.717, 1.165) is 44.0 Å². The first-order chi connectivity index (χ1) is 14.1. The topological polar surface area (TPSA) is 76.3 Å². The van der Waals surface area contributed by atoms with Gasteiger partial charge in [-0.3, -0.25) is 14.2 Å². The second-order valence-corrected chi connectivity index (χ2v) is 7.44. The number of aromatic nitrogens is 4. The van der Waals surface area contributed by atoms with Gasteiger partial charge in [-0.05, 0) is 25.6 Å². The monoisotopic (exact) mass is 394 g/mol. The fourth-order valence-corrected chi connectivity index (χ4v) is 3.67. The van der Waals surface area contributed by atoms with Gasteiger partial charge in [-0.1, -0.05) is 24.6 Å². The van der Waals surface area contributed by atoms with Crippen LogP contribution in [0, 0.1) is 6.92 Å². The predicted octanol–water partition coefficient (Wildman–Crippen LogP) is 1.44. The molecule has 1 aliphatic rings. The Hall–Kier alpha value is -3.00. The lowest BCUT2D eigenvalue weighted by molar-refractivity contribution is -0.133. The van der Waals surface area contributed by atoms with Crippen molar-refractivity contribution in [2.45, 2.75) is 26.8 Å². The van der Waals surface area contributed by atoms with Crippen LogP contribution < -0.4 is 5.56 Å². The van der Waals surface area contributed by atoms with E-state index in [1.165, 1.54) is 10.9 Å². The van der Waals surface area contributed by atoms with Crippen molar-refractivity contribution in [3.8, 4) is 5.69 Å². The highest BCUT2D eigenvalue weighted by Gasteiger charge is 2.20. The Bertz CT molecular complexity index is 1060. The molecule has 0 aliphatic carbocycles. The van der Waals surface area contributed by atoms with Crippen molar-refractivity contribution < 1.29 is 4.79 Å². The van der Waals surface area contributed by atoms with E-state index in [1.54, 1.807) is 10.9 Å². The van der Waals surface area contributed by atoms with Gasteiger partial charge >= 0.3 is 0 Å². The van der Waals surface area contributed by atoms with Gasteiger partial charge in [-0.25, -0.2) is 9.67 Å². The minimum absolute atomic E-state index is 0.0862. The van der Waals surface area contributed by atoms with Crippen LogP contribution in [0.2, 0.25) is 0 Å². The van der Waals surface area contributed by atoms with E-state index in [-0.39, 0.29) is 11.5 Å². The van der Waals surface area contributed by atoms with Crippen molar-refractivity contribution in [3.05, 3.63) is 52.7 Å². The lowest BCUT2D eigenvalue weighted by atomic mass is 10.2. The highest BCUT2D eigenvalue weighted by Crippen LogP contribution is 2.14. The average Bonchev–Trinajstić information content (AvgIpc) is 3.18. The molecule has 0 N–H and O–H groups in total. The third kappa shape index (κ3) is 3.93. The van der Waals surface area contributed by atoms with E-state index >= 15 is 0 Å². The van der Waals surface area contributed by atoms with E-state index in [2.05, 4.69) is 21.9 Å². The third-order valence-electron chi connectivity index (χ3n) is 5.57. The van der Waals surface area contributed by atoms with Crippen LogP contribution in [-0.4, -0.2) is 67.8 Å². The third-order valence-corrected chi connectivity index (χ3v) is 5.57. The quantitative estimate of drug-likeness (QED) is 0.655. The molecule has 0 bridgehead atoms. The van der Waals surface area contributed by atoms with Gasteiger partial charge in [0.25, 0.3) is 5.56 Å². The summed E-state index contributed by atoms with van der Waals surface area (Å²) in [6, 6.07) is 7.89. The number of benzene rings is 1. The van der Waals surface area contributed by atoms with Crippen LogP contribution in [0.1, 0.15) is 18.9 Å². The molecule has 0 spiro atoms. The average molecular weight is 394 g/mol. The summed E-state index contributed by atoms with van der Waals surface area (Å²) in [6.07, 6.45) is 3.36. The molecule has 152 valence electrons. The molecule has 1 saturated heterocycles. The van der Waals surface area contributed by atoms with E-state index in [9.17, 15) is 9.59 Å². The summed E-state index contributed by atoms with van der Waals surface area (Å²) in [5.41, 5.74) is 2.37. The molecule has 0 atom stereocenters. The molecule has 1 aromatic carbocycles. The number of likely N-dealkylation sites (N-methyl/N-ethyl adjacent to an activating group) is 1. The maximum Gasteiger partial charge on any atom is 0.264 e. The van der Waals surface area contributed by atoms with Crippen LogP contribution in [-0.2, 0) is 11.3 Å². The summed E-state index contributed by atoms with van der Waals surface area (Å²) in [6.45, 7) is 8.82. The van der Waals surface area contributed by atoms with Crippen molar-refractivity contribution in [2.75, 3.05) is 32.7 Å². The van der Waals surface area contributed by atoms with Crippen LogP contribution in [0.5, 0.6) is 0 Å². The fraction of sp³-hybridized carbons (Fsp3) is 0.429. The Morgan fingerprint density at radius 3 is 2.52 bits per heavy atom. The largest absolute Gasteiger partial charge is 0.340 e. The Morgan fingerprint density at radius 1 is 1.10 bits per heavy atom. The molecule has 2 aromatic heterocycles. The molecule has 1 aliphatic heterocycles. The van der Waals surface area contributed by atoms with Gasteiger partial charge in [0.1, 0.15) is 5.39 Å². The molecule has 1 amide bonds. The molecule has 8 heteroatoms.